The van der Waals surface area contributed by atoms with E-state index in [1.165, 1.54) is 32.1 Å². The summed E-state index contributed by atoms with van der Waals surface area (Å²) in [6, 6.07) is 2.58. The Labute approximate surface area is 109 Å². The summed E-state index contributed by atoms with van der Waals surface area (Å²) in [6.45, 7) is 2.20. The van der Waals surface area contributed by atoms with E-state index in [4.69, 9.17) is 5.26 Å². The van der Waals surface area contributed by atoms with Crippen LogP contribution in [0.3, 0.4) is 0 Å². The van der Waals surface area contributed by atoms with Crippen LogP contribution in [0.5, 0.6) is 0 Å². The molecule has 0 spiro atoms. The number of carbonyl (C=O) groups excluding carboxylic acids is 1. The van der Waals surface area contributed by atoms with Crippen molar-refractivity contribution in [3.8, 4) is 6.07 Å². The zero-order valence-electron chi connectivity index (χ0n) is 11.1. The average molecular weight is 246 g/mol. The first kappa shape index (κ1) is 12.0. The van der Waals surface area contributed by atoms with Gasteiger partial charge in [0.2, 0.25) is 5.91 Å². The fraction of sp³-hybridized carbons (Fsp3) is 0.867. The highest BCUT2D eigenvalue weighted by Gasteiger charge is 2.50. The summed E-state index contributed by atoms with van der Waals surface area (Å²) >= 11 is 0. The molecule has 4 rings (SSSR count). The normalized spacial score (nSPS) is 40.6. The molecule has 0 aromatic rings. The van der Waals surface area contributed by atoms with E-state index >= 15 is 0 Å². The van der Waals surface area contributed by atoms with Gasteiger partial charge in [-0.15, -0.1) is 0 Å². The average Bonchev–Trinajstić information content (AvgIpc) is 2.35. The maximum Gasteiger partial charge on any atom is 0.223 e. The van der Waals surface area contributed by atoms with Gasteiger partial charge in [0.15, 0.2) is 0 Å². The van der Waals surface area contributed by atoms with E-state index in [0.717, 1.165) is 11.8 Å². The number of hydrogen-bond acceptors (Lipinski definition) is 2. The zero-order chi connectivity index (χ0) is 12.7. The quantitative estimate of drug-likeness (QED) is 0.718. The van der Waals surface area contributed by atoms with Gasteiger partial charge in [-0.05, 0) is 55.8 Å². The third kappa shape index (κ3) is 1.83. The van der Waals surface area contributed by atoms with Gasteiger partial charge in [-0.25, -0.2) is 0 Å². The van der Waals surface area contributed by atoms with Crippen LogP contribution in [0.15, 0.2) is 0 Å². The SMILES string of the molecule is CCC(=O)N(CC#N)C1C2CC3CC(C2)CC1C3. The maximum atomic E-state index is 12.1. The molecule has 1 amide bonds. The molecule has 0 radical (unpaired) electrons. The number of nitriles is 1. The van der Waals surface area contributed by atoms with Crippen LogP contribution in [0.25, 0.3) is 0 Å². The summed E-state index contributed by atoms with van der Waals surface area (Å²) in [5, 5.41) is 8.99. The molecular formula is C15H22N2O. The van der Waals surface area contributed by atoms with E-state index in [-0.39, 0.29) is 5.91 Å². The fourth-order valence-electron chi connectivity index (χ4n) is 5.04. The summed E-state index contributed by atoms with van der Waals surface area (Å²) < 4.78 is 0. The van der Waals surface area contributed by atoms with Gasteiger partial charge in [0.25, 0.3) is 0 Å². The van der Waals surface area contributed by atoms with Crippen LogP contribution in [0.1, 0.15) is 45.4 Å². The van der Waals surface area contributed by atoms with Gasteiger partial charge in [0, 0.05) is 12.5 Å². The van der Waals surface area contributed by atoms with Crippen molar-refractivity contribution in [1.29, 1.82) is 5.26 Å². The molecule has 18 heavy (non-hydrogen) atoms. The van der Waals surface area contributed by atoms with Crippen LogP contribution in [0.2, 0.25) is 0 Å². The minimum absolute atomic E-state index is 0.175. The van der Waals surface area contributed by atoms with Gasteiger partial charge >= 0.3 is 0 Å². The first-order chi connectivity index (χ1) is 8.72. The monoisotopic (exact) mass is 246 g/mol. The van der Waals surface area contributed by atoms with Crippen LogP contribution >= 0.6 is 0 Å². The Morgan fingerprint density at radius 2 is 1.72 bits per heavy atom. The molecule has 0 aromatic heterocycles. The first-order valence-electron chi connectivity index (χ1n) is 7.39. The van der Waals surface area contributed by atoms with Crippen molar-refractivity contribution in [3.63, 3.8) is 0 Å². The number of amides is 1. The van der Waals surface area contributed by atoms with Crippen LogP contribution in [-0.4, -0.2) is 23.4 Å². The Morgan fingerprint density at radius 1 is 1.17 bits per heavy atom. The standard InChI is InChI=1S/C15H22N2O/c1-2-14(18)17(4-3-16)15-12-6-10-5-11(8-12)9-13(15)7-10/h10-13,15H,2,4-9H2,1H3. The van der Waals surface area contributed by atoms with Gasteiger partial charge in [-0.3, -0.25) is 4.79 Å². The summed E-state index contributed by atoms with van der Waals surface area (Å²) in [6.07, 6.45) is 7.17. The van der Waals surface area contributed by atoms with Crippen molar-refractivity contribution in [2.24, 2.45) is 23.7 Å². The van der Waals surface area contributed by atoms with E-state index in [1.54, 1.807) is 0 Å². The molecule has 0 saturated heterocycles. The number of hydrogen-bond donors (Lipinski definition) is 0. The fourth-order valence-corrected chi connectivity index (χ4v) is 5.04. The number of nitrogens with zero attached hydrogens (tertiary/aromatic N) is 2. The van der Waals surface area contributed by atoms with Crippen molar-refractivity contribution in [1.82, 2.24) is 4.90 Å². The molecule has 4 aliphatic rings. The third-order valence-electron chi connectivity index (χ3n) is 5.40. The molecule has 0 atom stereocenters. The molecule has 3 heteroatoms. The molecule has 4 saturated carbocycles. The Balaban J connectivity index is 1.82. The van der Waals surface area contributed by atoms with E-state index in [0.29, 0.717) is 30.8 Å². The minimum Gasteiger partial charge on any atom is -0.326 e. The van der Waals surface area contributed by atoms with Gasteiger partial charge in [0.1, 0.15) is 6.54 Å². The Morgan fingerprint density at radius 3 is 2.17 bits per heavy atom. The predicted molar refractivity (Wildman–Crippen MR) is 68.5 cm³/mol. The van der Waals surface area contributed by atoms with Crippen molar-refractivity contribution < 1.29 is 4.79 Å². The van der Waals surface area contributed by atoms with Crippen LogP contribution in [0, 0.1) is 35.0 Å². The lowest BCUT2D eigenvalue weighted by molar-refractivity contribution is -0.142. The molecule has 4 aliphatic carbocycles. The second-order valence-corrected chi connectivity index (χ2v) is 6.45. The van der Waals surface area contributed by atoms with Crippen molar-refractivity contribution in [2.45, 2.75) is 51.5 Å². The molecule has 0 aliphatic heterocycles. The van der Waals surface area contributed by atoms with E-state index in [2.05, 4.69) is 6.07 Å². The lowest BCUT2D eigenvalue weighted by Gasteiger charge is -2.56. The molecule has 0 unspecified atom stereocenters. The van der Waals surface area contributed by atoms with E-state index in [1.807, 2.05) is 11.8 Å². The van der Waals surface area contributed by atoms with Crippen molar-refractivity contribution in [2.75, 3.05) is 6.54 Å². The second kappa shape index (κ2) is 4.57. The number of carbonyl (C=O) groups is 1. The highest BCUT2D eigenvalue weighted by molar-refractivity contribution is 5.76. The largest absolute Gasteiger partial charge is 0.326 e. The highest BCUT2D eigenvalue weighted by atomic mass is 16.2. The number of rotatable bonds is 3. The topological polar surface area (TPSA) is 44.1 Å². The molecule has 4 bridgehead atoms. The molecular weight excluding hydrogens is 224 g/mol. The molecule has 0 aromatic carbocycles. The van der Waals surface area contributed by atoms with E-state index in [9.17, 15) is 4.79 Å². The first-order valence-corrected chi connectivity index (χ1v) is 7.39. The predicted octanol–water partition coefficient (Wildman–Crippen LogP) is 2.57. The van der Waals surface area contributed by atoms with Crippen LogP contribution < -0.4 is 0 Å². The second-order valence-electron chi connectivity index (χ2n) is 6.45. The Hall–Kier alpha value is -1.04. The van der Waals surface area contributed by atoms with Gasteiger partial charge in [-0.1, -0.05) is 6.92 Å². The molecule has 98 valence electrons. The van der Waals surface area contributed by atoms with Crippen molar-refractivity contribution >= 4 is 5.91 Å². The molecule has 0 heterocycles. The van der Waals surface area contributed by atoms with Crippen LogP contribution in [-0.2, 0) is 4.79 Å². The summed E-state index contributed by atoms with van der Waals surface area (Å²) in [4.78, 5) is 14.0. The molecule has 4 fully saturated rings. The Kier molecular flexibility index (Phi) is 3.05. The van der Waals surface area contributed by atoms with Crippen molar-refractivity contribution in [3.05, 3.63) is 0 Å². The molecule has 0 N–H and O–H groups in total. The summed E-state index contributed by atoms with van der Waals surface area (Å²) in [5.74, 6) is 3.39. The summed E-state index contributed by atoms with van der Waals surface area (Å²) in [7, 11) is 0. The minimum atomic E-state index is 0.175. The lowest BCUT2D eigenvalue weighted by Crippen LogP contribution is -2.57. The van der Waals surface area contributed by atoms with Gasteiger partial charge < -0.3 is 4.90 Å². The smallest absolute Gasteiger partial charge is 0.223 e. The third-order valence-corrected chi connectivity index (χ3v) is 5.40. The van der Waals surface area contributed by atoms with E-state index < -0.39 is 0 Å². The van der Waals surface area contributed by atoms with Gasteiger partial charge in [-0.2, -0.15) is 5.26 Å². The summed E-state index contributed by atoms with van der Waals surface area (Å²) in [5.41, 5.74) is 0. The Bertz CT molecular complexity index is 356. The van der Waals surface area contributed by atoms with Crippen LogP contribution in [0.4, 0.5) is 0 Å². The lowest BCUT2D eigenvalue weighted by atomic mass is 9.54. The zero-order valence-corrected chi connectivity index (χ0v) is 11.1. The maximum absolute atomic E-state index is 12.1. The molecule has 3 nitrogen and oxygen atoms in total. The van der Waals surface area contributed by atoms with Gasteiger partial charge in [0.05, 0.1) is 6.07 Å². The highest BCUT2D eigenvalue weighted by Crippen LogP contribution is 2.55.